The molecule has 22 heavy (non-hydrogen) atoms. The normalized spacial score (nSPS) is 13.6. The van der Waals surface area contributed by atoms with Crippen LogP contribution in [0.3, 0.4) is 0 Å². The lowest BCUT2D eigenvalue weighted by molar-refractivity contribution is -0.131. The van der Waals surface area contributed by atoms with Gasteiger partial charge >= 0.3 is 0 Å². The number of para-hydroxylation sites is 1. The van der Waals surface area contributed by atoms with Gasteiger partial charge in [-0.25, -0.2) is 0 Å². The van der Waals surface area contributed by atoms with Gasteiger partial charge in [-0.1, -0.05) is 24.3 Å². The van der Waals surface area contributed by atoms with E-state index in [1.54, 1.807) is 6.20 Å². The Kier molecular flexibility index (Phi) is 2.96. The summed E-state index contributed by atoms with van der Waals surface area (Å²) in [5, 5.41) is 1.16. The monoisotopic (exact) mass is 291 g/mol. The Bertz CT molecular complexity index is 841. The summed E-state index contributed by atoms with van der Waals surface area (Å²) >= 11 is 0. The van der Waals surface area contributed by atoms with Crippen LogP contribution in [0.4, 0.5) is 0 Å². The molecule has 1 aliphatic heterocycles. The fraction of sp³-hybridized carbons (Fsp3) is 0.222. The summed E-state index contributed by atoms with van der Waals surface area (Å²) in [5.74, 6) is 0.161. The van der Waals surface area contributed by atoms with Crippen LogP contribution in [0.15, 0.2) is 48.8 Å². The first-order valence-electron chi connectivity index (χ1n) is 7.46. The molecule has 4 rings (SSSR count). The standard InChI is InChI=1S/C18H17N3O/c1-20-10-14(15-6-2-3-7-17(15)20)9-18(22)21-11-13-5-4-8-19-16(13)12-21/h2-8,10H,9,11-12H2,1H3. The minimum Gasteiger partial charge on any atom is -0.350 e. The third-order valence-electron chi connectivity index (χ3n) is 4.36. The fourth-order valence-corrected chi connectivity index (χ4v) is 3.22. The van der Waals surface area contributed by atoms with Gasteiger partial charge in [0.1, 0.15) is 0 Å². The van der Waals surface area contributed by atoms with Crippen molar-refractivity contribution >= 4 is 16.8 Å². The second-order valence-corrected chi connectivity index (χ2v) is 5.82. The summed E-state index contributed by atoms with van der Waals surface area (Å²) in [6.45, 7) is 1.30. The Morgan fingerprint density at radius 1 is 1.18 bits per heavy atom. The van der Waals surface area contributed by atoms with Gasteiger partial charge in [-0.15, -0.1) is 0 Å². The first-order chi connectivity index (χ1) is 10.7. The number of hydrogen-bond donors (Lipinski definition) is 0. The number of nitrogens with zero attached hydrogens (tertiary/aromatic N) is 3. The summed E-state index contributed by atoms with van der Waals surface area (Å²) in [5.41, 5.74) is 4.44. The summed E-state index contributed by atoms with van der Waals surface area (Å²) in [4.78, 5) is 18.9. The molecule has 0 fully saturated rings. The van der Waals surface area contributed by atoms with Gasteiger partial charge in [0, 0.05) is 36.9 Å². The van der Waals surface area contributed by atoms with Gasteiger partial charge in [-0.3, -0.25) is 9.78 Å². The van der Waals surface area contributed by atoms with E-state index in [0.717, 1.165) is 27.7 Å². The Labute approximate surface area is 129 Å². The van der Waals surface area contributed by atoms with Crippen molar-refractivity contribution < 1.29 is 4.79 Å². The molecular formula is C18H17N3O. The summed E-state index contributed by atoms with van der Waals surface area (Å²) in [7, 11) is 2.02. The SMILES string of the molecule is Cn1cc(CC(=O)N2Cc3cccnc3C2)c2ccccc21. The molecule has 1 aromatic carbocycles. The number of rotatable bonds is 2. The van der Waals surface area contributed by atoms with Crippen LogP contribution in [-0.4, -0.2) is 20.4 Å². The van der Waals surface area contributed by atoms with E-state index in [1.807, 2.05) is 36.2 Å². The third kappa shape index (κ3) is 2.08. The van der Waals surface area contributed by atoms with Gasteiger partial charge in [0.2, 0.25) is 5.91 Å². The number of carbonyl (C=O) groups excluding carboxylic acids is 1. The van der Waals surface area contributed by atoms with Crippen LogP contribution in [0.5, 0.6) is 0 Å². The zero-order valence-electron chi connectivity index (χ0n) is 12.5. The Morgan fingerprint density at radius 3 is 2.91 bits per heavy atom. The molecule has 0 unspecified atom stereocenters. The van der Waals surface area contributed by atoms with E-state index in [-0.39, 0.29) is 5.91 Å². The highest BCUT2D eigenvalue weighted by molar-refractivity contribution is 5.89. The number of aryl methyl sites for hydroxylation is 1. The highest BCUT2D eigenvalue weighted by atomic mass is 16.2. The highest BCUT2D eigenvalue weighted by Gasteiger charge is 2.24. The molecule has 0 saturated carbocycles. The van der Waals surface area contributed by atoms with E-state index in [9.17, 15) is 4.79 Å². The second kappa shape index (κ2) is 4.98. The van der Waals surface area contributed by atoms with Crippen LogP contribution in [0.2, 0.25) is 0 Å². The molecule has 0 radical (unpaired) electrons. The first-order valence-corrected chi connectivity index (χ1v) is 7.46. The van der Waals surface area contributed by atoms with Gasteiger partial charge in [-0.2, -0.15) is 0 Å². The van der Waals surface area contributed by atoms with Crippen molar-refractivity contribution in [2.75, 3.05) is 0 Å². The van der Waals surface area contributed by atoms with Gasteiger partial charge in [0.15, 0.2) is 0 Å². The van der Waals surface area contributed by atoms with Crippen molar-refractivity contribution in [3.63, 3.8) is 0 Å². The van der Waals surface area contributed by atoms with Crippen molar-refractivity contribution in [2.24, 2.45) is 7.05 Å². The average Bonchev–Trinajstić information content (AvgIpc) is 3.10. The lowest BCUT2D eigenvalue weighted by Crippen LogP contribution is -2.26. The molecule has 0 bridgehead atoms. The maximum atomic E-state index is 12.6. The fourth-order valence-electron chi connectivity index (χ4n) is 3.22. The predicted molar refractivity (Wildman–Crippen MR) is 85.1 cm³/mol. The predicted octanol–water partition coefficient (Wildman–Crippen LogP) is 2.66. The number of pyridine rings is 1. The van der Waals surface area contributed by atoms with Crippen molar-refractivity contribution in [3.8, 4) is 0 Å². The molecule has 3 aromatic rings. The van der Waals surface area contributed by atoms with Crippen LogP contribution in [0, 0.1) is 0 Å². The number of amides is 1. The molecule has 4 nitrogen and oxygen atoms in total. The molecule has 0 saturated heterocycles. The molecule has 1 amide bonds. The number of fused-ring (bicyclic) bond motifs is 2. The zero-order valence-corrected chi connectivity index (χ0v) is 12.5. The quantitative estimate of drug-likeness (QED) is 0.728. The third-order valence-corrected chi connectivity index (χ3v) is 4.36. The summed E-state index contributed by atoms with van der Waals surface area (Å²) < 4.78 is 2.08. The van der Waals surface area contributed by atoms with Crippen molar-refractivity contribution in [2.45, 2.75) is 19.5 Å². The van der Waals surface area contributed by atoms with Crippen molar-refractivity contribution in [1.82, 2.24) is 14.5 Å². The molecule has 0 spiro atoms. The van der Waals surface area contributed by atoms with Crippen molar-refractivity contribution in [3.05, 3.63) is 65.6 Å². The Balaban J connectivity index is 1.58. The largest absolute Gasteiger partial charge is 0.350 e. The van der Waals surface area contributed by atoms with Crippen LogP contribution in [0.25, 0.3) is 10.9 Å². The molecule has 0 aliphatic carbocycles. The maximum absolute atomic E-state index is 12.6. The van der Waals surface area contributed by atoms with Crippen LogP contribution < -0.4 is 0 Å². The van der Waals surface area contributed by atoms with E-state index >= 15 is 0 Å². The molecule has 1 aliphatic rings. The number of benzene rings is 1. The van der Waals surface area contributed by atoms with E-state index in [4.69, 9.17) is 0 Å². The van der Waals surface area contributed by atoms with Gasteiger partial charge < -0.3 is 9.47 Å². The second-order valence-electron chi connectivity index (χ2n) is 5.82. The summed E-state index contributed by atoms with van der Waals surface area (Å²) in [6.07, 6.45) is 4.29. The summed E-state index contributed by atoms with van der Waals surface area (Å²) in [6, 6.07) is 12.2. The maximum Gasteiger partial charge on any atom is 0.227 e. The molecule has 2 aromatic heterocycles. The highest BCUT2D eigenvalue weighted by Crippen LogP contribution is 2.24. The Hall–Kier alpha value is -2.62. The van der Waals surface area contributed by atoms with Gasteiger partial charge in [0.25, 0.3) is 0 Å². The van der Waals surface area contributed by atoms with Crippen LogP contribution in [0.1, 0.15) is 16.8 Å². The van der Waals surface area contributed by atoms with Crippen LogP contribution in [-0.2, 0) is 31.4 Å². The smallest absolute Gasteiger partial charge is 0.227 e. The number of carbonyl (C=O) groups is 1. The molecule has 0 atom stereocenters. The van der Waals surface area contributed by atoms with Gasteiger partial charge in [-0.05, 0) is 23.3 Å². The van der Waals surface area contributed by atoms with Gasteiger partial charge in [0.05, 0.1) is 18.7 Å². The molecule has 0 N–H and O–H groups in total. The minimum atomic E-state index is 0.161. The van der Waals surface area contributed by atoms with E-state index in [1.165, 1.54) is 0 Å². The van der Waals surface area contributed by atoms with E-state index in [0.29, 0.717) is 19.5 Å². The van der Waals surface area contributed by atoms with Crippen molar-refractivity contribution in [1.29, 1.82) is 0 Å². The molecule has 3 heterocycles. The number of aromatic nitrogens is 2. The van der Waals surface area contributed by atoms with E-state index < -0.39 is 0 Å². The topological polar surface area (TPSA) is 38.1 Å². The molecule has 110 valence electrons. The zero-order chi connectivity index (χ0) is 15.1. The Morgan fingerprint density at radius 2 is 2.05 bits per heavy atom. The van der Waals surface area contributed by atoms with E-state index in [2.05, 4.69) is 27.9 Å². The first kappa shape index (κ1) is 13.1. The lowest BCUT2D eigenvalue weighted by Gasteiger charge is -2.14. The lowest BCUT2D eigenvalue weighted by atomic mass is 10.1. The number of hydrogen-bond acceptors (Lipinski definition) is 2. The molecule has 4 heteroatoms. The minimum absolute atomic E-state index is 0.161. The average molecular weight is 291 g/mol. The molecular weight excluding hydrogens is 274 g/mol. The van der Waals surface area contributed by atoms with Crippen LogP contribution >= 0.6 is 0 Å².